The first-order valence-electron chi connectivity index (χ1n) is 12.5. The standard InChI is InChI=1S/C31H38N2O2/c1-6-25(5)32-31(35)29(19-26-12-8-7-9-13-26)33(21-27-14-10-11-22(2)16-27)30(34)20-28-17-23(3)15-24(4)18-28/h7-18,25,29H,6,19-21H2,1-5H3,(H,32,35)/t25-,29+/m0/s1. The van der Waals surface area contributed by atoms with Crippen LogP contribution >= 0.6 is 0 Å². The van der Waals surface area contributed by atoms with Gasteiger partial charge >= 0.3 is 0 Å². The van der Waals surface area contributed by atoms with Gasteiger partial charge in [-0.3, -0.25) is 9.59 Å². The van der Waals surface area contributed by atoms with Gasteiger partial charge in [0.05, 0.1) is 6.42 Å². The monoisotopic (exact) mass is 470 g/mol. The van der Waals surface area contributed by atoms with Crippen molar-refractivity contribution in [1.29, 1.82) is 0 Å². The molecule has 4 nitrogen and oxygen atoms in total. The molecule has 2 amide bonds. The van der Waals surface area contributed by atoms with Gasteiger partial charge in [0.2, 0.25) is 11.8 Å². The van der Waals surface area contributed by atoms with Crippen LogP contribution in [0.1, 0.15) is 53.6 Å². The fourth-order valence-electron chi connectivity index (χ4n) is 4.45. The Balaban J connectivity index is 1.99. The molecule has 0 aromatic heterocycles. The van der Waals surface area contributed by atoms with Crippen molar-refractivity contribution in [3.05, 3.63) is 106 Å². The van der Waals surface area contributed by atoms with Crippen LogP contribution in [0.25, 0.3) is 0 Å². The first-order chi connectivity index (χ1) is 16.7. The molecule has 4 heteroatoms. The van der Waals surface area contributed by atoms with Gasteiger partial charge in [-0.05, 0) is 50.8 Å². The molecule has 0 unspecified atom stereocenters. The summed E-state index contributed by atoms with van der Waals surface area (Å²) in [5, 5.41) is 3.13. The minimum atomic E-state index is -0.606. The summed E-state index contributed by atoms with van der Waals surface area (Å²) in [4.78, 5) is 29.2. The number of nitrogens with one attached hydrogen (secondary N) is 1. The van der Waals surface area contributed by atoms with E-state index in [0.29, 0.717) is 13.0 Å². The van der Waals surface area contributed by atoms with Gasteiger partial charge in [0.25, 0.3) is 0 Å². The van der Waals surface area contributed by atoms with Crippen molar-refractivity contribution in [2.24, 2.45) is 0 Å². The zero-order valence-corrected chi connectivity index (χ0v) is 21.7. The second-order valence-electron chi connectivity index (χ2n) is 9.71. The van der Waals surface area contributed by atoms with Gasteiger partial charge in [0, 0.05) is 19.0 Å². The van der Waals surface area contributed by atoms with Gasteiger partial charge in [0.15, 0.2) is 0 Å². The lowest BCUT2D eigenvalue weighted by molar-refractivity contribution is -0.141. The van der Waals surface area contributed by atoms with Gasteiger partial charge in [-0.25, -0.2) is 0 Å². The summed E-state index contributed by atoms with van der Waals surface area (Å²) < 4.78 is 0. The van der Waals surface area contributed by atoms with Crippen molar-refractivity contribution in [2.75, 3.05) is 0 Å². The average molecular weight is 471 g/mol. The maximum atomic E-state index is 13.9. The lowest BCUT2D eigenvalue weighted by atomic mass is 10.00. The van der Waals surface area contributed by atoms with Crippen molar-refractivity contribution in [3.63, 3.8) is 0 Å². The largest absolute Gasteiger partial charge is 0.352 e. The summed E-state index contributed by atoms with van der Waals surface area (Å²) in [7, 11) is 0. The van der Waals surface area contributed by atoms with Crippen LogP contribution in [0.5, 0.6) is 0 Å². The van der Waals surface area contributed by atoms with Crippen molar-refractivity contribution in [3.8, 4) is 0 Å². The summed E-state index contributed by atoms with van der Waals surface area (Å²) in [6.45, 7) is 10.6. The van der Waals surface area contributed by atoms with E-state index in [0.717, 1.165) is 39.8 Å². The Kier molecular flexibility index (Phi) is 9.25. The Bertz CT molecular complexity index is 1120. The van der Waals surface area contributed by atoms with E-state index in [1.54, 1.807) is 4.90 Å². The molecule has 0 saturated carbocycles. The predicted molar refractivity (Wildman–Crippen MR) is 143 cm³/mol. The molecule has 2 atom stereocenters. The van der Waals surface area contributed by atoms with Crippen molar-refractivity contribution >= 4 is 11.8 Å². The summed E-state index contributed by atoms with van der Waals surface area (Å²) >= 11 is 0. The third kappa shape index (κ3) is 7.81. The Morgan fingerprint density at radius 3 is 2.06 bits per heavy atom. The molecule has 3 aromatic rings. The number of nitrogens with zero attached hydrogens (tertiary/aromatic N) is 1. The highest BCUT2D eigenvalue weighted by Crippen LogP contribution is 2.18. The molecule has 0 aliphatic heterocycles. The van der Waals surface area contributed by atoms with Crippen LogP contribution < -0.4 is 5.32 Å². The molecule has 0 aliphatic carbocycles. The molecule has 0 spiro atoms. The molecular formula is C31H38N2O2. The Morgan fingerprint density at radius 2 is 1.43 bits per heavy atom. The maximum Gasteiger partial charge on any atom is 0.243 e. The van der Waals surface area contributed by atoms with Gasteiger partial charge in [-0.2, -0.15) is 0 Å². The molecule has 0 radical (unpaired) electrons. The van der Waals surface area contributed by atoms with E-state index in [1.807, 2.05) is 83.1 Å². The van der Waals surface area contributed by atoms with Crippen LogP contribution in [0.2, 0.25) is 0 Å². The second kappa shape index (κ2) is 12.3. The predicted octanol–water partition coefficient (Wildman–Crippen LogP) is 5.71. The minimum absolute atomic E-state index is 0.0381. The number of carbonyl (C=O) groups is 2. The summed E-state index contributed by atoms with van der Waals surface area (Å²) in [5.41, 5.74) is 6.43. The molecule has 0 aliphatic rings. The van der Waals surface area contributed by atoms with Crippen LogP contribution in [-0.2, 0) is 29.0 Å². The molecule has 0 heterocycles. The number of benzene rings is 3. The molecule has 3 rings (SSSR count). The van der Waals surface area contributed by atoms with Crippen molar-refractivity contribution in [2.45, 2.75) is 72.5 Å². The molecular weight excluding hydrogens is 432 g/mol. The summed E-state index contributed by atoms with van der Waals surface area (Å²) in [6, 6.07) is 23.8. The summed E-state index contributed by atoms with van der Waals surface area (Å²) in [6.07, 6.45) is 1.56. The van der Waals surface area contributed by atoms with Gasteiger partial charge < -0.3 is 10.2 Å². The number of amides is 2. The van der Waals surface area contributed by atoms with E-state index >= 15 is 0 Å². The van der Waals surface area contributed by atoms with Crippen molar-refractivity contribution < 1.29 is 9.59 Å². The third-order valence-corrected chi connectivity index (χ3v) is 6.34. The molecule has 3 aromatic carbocycles. The molecule has 1 N–H and O–H groups in total. The number of rotatable bonds is 10. The van der Waals surface area contributed by atoms with Crippen LogP contribution in [-0.4, -0.2) is 28.8 Å². The lowest BCUT2D eigenvalue weighted by Gasteiger charge is -2.32. The summed E-state index contributed by atoms with van der Waals surface area (Å²) in [5.74, 6) is -0.152. The van der Waals surface area contributed by atoms with E-state index in [-0.39, 0.29) is 24.3 Å². The van der Waals surface area contributed by atoms with Gasteiger partial charge in [-0.1, -0.05) is 96.4 Å². The van der Waals surface area contributed by atoms with E-state index < -0.39 is 6.04 Å². The second-order valence-corrected chi connectivity index (χ2v) is 9.71. The first-order valence-corrected chi connectivity index (χ1v) is 12.5. The third-order valence-electron chi connectivity index (χ3n) is 6.34. The minimum Gasteiger partial charge on any atom is -0.352 e. The van der Waals surface area contributed by atoms with E-state index in [2.05, 4.69) is 29.6 Å². The fraction of sp³-hybridized carbons (Fsp3) is 0.355. The molecule has 0 fully saturated rings. The quantitative estimate of drug-likeness (QED) is 0.413. The highest BCUT2D eigenvalue weighted by Gasteiger charge is 2.31. The molecule has 35 heavy (non-hydrogen) atoms. The average Bonchev–Trinajstić information content (AvgIpc) is 2.81. The highest BCUT2D eigenvalue weighted by atomic mass is 16.2. The molecule has 0 bridgehead atoms. The highest BCUT2D eigenvalue weighted by molar-refractivity contribution is 5.89. The molecule has 0 saturated heterocycles. The fourth-order valence-corrected chi connectivity index (χ4v) is 4.45. The topological polar surface area (TPSA) is 49.4 Å². The van der Waals surface area contributed by atoms with E-state index in [4.69, 9.17) is 0 Å². The van der Waals surface area contributed by atoms with Crippen molar-refractivity contribution in [1.82, 2.24) is 10.2 Å². The number of aryl methyl sites for hydroxylation is 3. The number of carbonyl (C=O) groups excluding carboxylic acids is 2. The van der Waals surface area contributed by atoms with E-state index in [1.165, 1.54) is 0 Å². The van der Waals surface area contributed by atoms with E-state index in [9.17, 15) is 9.59 Å². The normalized spacial score (nSPS) is 12.6. The van der Waals surface area contributed by atoms with Gasteiger partial charge in [0.1, 0.15) is 6.04 Å². The Labute approximate surface area is 210 Å². The van der Waals surface area contributed by atoms with Gasteiger partial charge in [-0.15, -0.1) is 0 Å². The zero-order chi connectivity index (χ0) is 25.4. The van der Waals surface area contributed by atoms with Crippen LogP contribution in [0.3, 0.4) is 0 Å². The maximum absolute atomic E-state index is 13.9. The SMILES string of the molecule is CC[C@H](C)NC(=O)[C@@H](Cc1ccccc1)N(Cc1cccc(C)c1)C(=O)Cc1cc(C)cc(C)c1. The molecule has 184 valence electrons. The smallest absolute Gasteiger partial charge is 0.243 e. The first kappa shape index (κ1) is 26.2. The number of hydrogen-bond donors (Lipinski definition) is 1. The lowest BCUT2D eigenvalue weighted by Crippen LogP contribution is -2.52. The number of hydrogen-bond acceptors (Lipinski definition) is 2. The Morgan fingerprint density at radius 1 is 0.800 bits per heavy atom. The zero-order valence-electron chi connectivity index (χ0n) is 21.7. The van der Waals surface area contributed by atoms with Crippen LogP contribution in [0.4, 0.5) is 0 Å². The van der Waals surface area contributed by atoms with Crippen LogP contribution in [0.15, 0.2) is 72.8 Å². The Hall–Kier alpha value is -3.40. The van der Waals surface area contributed by atoms with Crippen LogP contribution in [0, 0.1) is 20.8 Å².